The molecular formula is C12H15ClN2O2. The van der Waals surface area contributed by atoms with Crippen LogP contribution in [0.4, 0.5) is 0 Å². The fourth-order valence-electron chi connectivity index (χ4n) is 1.63. The highest BCUT2D eigenvalue weighted by Gasteiger charge is 2.08. The molecule has 1 aromatic carbocycles. The van der Waals surface area contributed by atoms with Crippen LogP contribution in [0.3, 0.4) is 0 Å². The average molecular weight is 255 g/mol. The van der Waals surface area contributed by atoms with E-state index in [2.05, 4.69) is 11.7 Å². The zero-order valence-electron chi connectivity index (χ0n) is 9.84. The average Bonchev–Trinajstić information content (AvgIpc) is 2.68. The lowest BCUT2D eigenvalue weighted by atomic mass is 10.2. The number of halogens is 1. The zero-order valence-corrected chi connectivity index (χ0v) is 10.7. The number of allylic oxidation sites excluding steroid dienone is 1. The van der Waals surface area contributed by atoms with Crippen molar-refractivity contribution in [3.63, 3.8) is 0 Å². The second-order valence-corrected chi connectivity index (χ2v) is 3.41. The van der Waals surface area contributed by atoms with Crippen molar-refractivity contribution in [2.24, 2.45) is 0 Å². The van der Waals surface area contributed by atoms with Crippen LogP contribution in [0.1, 0.15) is 0 Å². The van der Waals surface area contributed by atoms with E-state index in [1.54, 1.807) is 20.3 Å². The van der Waals surface area contributed by atoms with Crippen molar-refractivity contribution >= 4 is 23.3 Å². The summed E-state index contributed by atoms with van der Waals surface area (Å²) in [5, 5.41) is 5.42. The molecule has 0 unspecified atom stereocenters. The molecule has 0 saturated heterocycles. The Hall–Kier alpha value is -1.68. The number of fused-ring (bicyclic) bond motifs is 1. The van der Waals surface area contributed by atoms with E-state index in [1.807, 2.05) is 23.0 Å². The Morgan fingerprint density at radius 2 is 1.94 bits per heavy atom. The maximum atomic E-state index is 5.23. The molecule has 0 spiro atoms. The van der Waals surface area contributed by atoms with Crippen molar-refractivity contribution in [1.82, 2.24) is 9.78 Å². The summed E-state index contributed by atoms with van der Waals surface area (Å²) < 4.78 is 12.3. The van der Waals surface area contributed by atoms with Gasteiger partial charge < -0.3 is 9.47 Å². The van der Waals surface area contributed by atoms with Crippen molar-refractivity contribution in [3.05, 3.63) is 31.0 Å². The van der Waals surface area contributed by atoms with Gasteiger partial charge in [0.2, 0.25) is 0 Å². The van der Waals surface area contributed by atoms with Crippen molar-refractivity contribution < 1.29 is 9.47 Å². The first-order valence-corrected chi connectivity index (χ1v) is 4.98. The molecule has 0 aliphatic carbocycles. The molecule has 0 atom stereocenters. The van der Waals surface area contributed by atoms with E-state index >= 15 is 0 Å². The normalized spacial score (nSPS) is 9.76. The summed E-state index contributed by atoms with van der Waals surface area (Å²) >= 11 is 0. The molecule has 17 heavy (non-hydrogen) atoms. The highest BCUT2D eigenvalue weighted by molar-refractivity contribution is 5.85. The van der Waals surface area contributed by atoms with Gasteiger partial charge in [-0.3, -0.25) is 4.68 Å². The van der Waals surface area contributed by atoms with Gasteiger partial charge in [0.25, 0.3) is 0 Å². The Bertz CT molecular complexity index is 481. The minimum Gasteiger partial charge on any atom is -0.493 e. The van der Waals surface area contributed by atoms with Crippen LogP contribution in [-0.4, -0.2) is 24.0 Å². The third-order valence-corrected chi connectivity index (χ3v) is 2.37. The molecule has 0 radical (unpaired) electrons. The molecule has 4 nitrogen and oxygen atoms in total. The topological polar surface area (TPSA) is 36.3 Å². The van der Waals surface area contributed by atoms with E-state index in [-0.39, 0.29) is 12.4 Å². The van der Waals surface area contributed by atoms with Gasteiger partial charge in [-0.25, -0.2) is 0 Å². The summed E-state index contributed by atoms with van der Waals surface area (Å²) in [6, 6.07) is 3.79. The lowest BCUT2D eigenvalue weighted by Gasteiger charge is -2.05. The fraction of sp³-hybridized carbons (Fsp3) is 0.250. The summed E-state index contributed by atoms with van der Waals surface area (Å²) in [4.78, 5) is 0. The summed E-state index contributed by atoms with van der Waals surface area (Å²) in [6.07, 6.45) is 3.76. The Balaban J connectivity index is 0.00000144. The molecule has 0 saturated carbocycles. The first-order chi connectivity index (χ1) is 7.78. The van der Waals surface area contributed by atoms with Gasteiger partial charge in [-0.1, -0.05) is 6.08 Å². The molecule has 0 amide bonds. The van der Waals surface area contributed by atoms with Crippen molar-refractivity contribution in [3.8, 4) is 11.5 Å². The predicted octanol–water partition coefficient (Wildman–Crippen LogP) is 2.66. The summed E-state index contributed by atoms with van der Waals surface area (Å²) in [5.74, 6) is 1.41. The minimum atomic E-state index is 0. The summed E-state index contributed by atoms with van der Waals surface area (Å²) in [7, 11) is 3.24. The van der Waals surface area contributed by atoms with Gasteiger partial charge in [-0.05, 0) is 6.07 Å². The van der Waals surface area contributed by atoms with Crippen molar-refractivity contribution in [2.75, 3.05) is 14.2 Å². The van der Waals surface area contributed by atoms with Crippen LogP contribution in [0.2, 0.25) is 0 Å². The fourth-order valence-corrected chi connectivity index (χ4v) is 1.63. The second kappa shape index (κ2) is 5.59. The summed E-state index contributed by atoms with van der Waals surface area (Å²) in [6.45, 7) is 4.38. The van der Waals surface area contributed by atoms with E-state index in [9.17, 15) is 0 Å². The van der Waals surface area contributed by atoms with Crippen LogP contribution in [0, 0.1) is 0 Å². The molecule has 92 valence electrons. The SMILES string of the molecule is C=CCn1cc2cc(OC)c(OC)cc2n1.Cl. The van der Waals surface area contributed by atoms with Crippen LogP contribution < -0.4 is 9.47 Å². The molecule has 0 aliphatic heterocycles. The maximum absolute atomic E-state index is 5.23. The molecule has 1 heterocycles. The summed E-state index contributed by atoms with van der Waals surface area (Å²) in [5.41, 5.74) is 0.888. The third-order valence-electron chi connectivity index (χ3n) is 2.37. The van der Waals surface area contributed by atoms with E-state index < -0.39 is 0 Å². The van der Waals surface area contributed by atoms with Gasteiger partial charge in [0.05, 0.1) is 26.3 Å². The molecule has 0 aliphatic rings. The molecule has 5 heteroatoms. The number of rotatable bonds is 4. The molecule has 1 aromatic heterocycles. The number of benzene rings is 1. The van der Waals surface area contributed by atoms with Crippen molar-refractivity contribution in [1.29, 1.82) is 0 Å². The first-order valence-electron chi connectivity index (χ1n) is 4.98. The number of nitrogens with zero attached hydrogens (tertiary/aromatic N) is 2. The number of hydrogen-bond acceptors (Lipinski definition) is 3. The highest BCUT2D eigenvalue weighted by atomic mass is 35.5. The monoisotopic (exact) mass is 254 g/mol. The molecule has 0 fully saturated rings. The zero-order chi connectivity index (χ0) is 11.5. The van der Waals surface area contributed by atoms with Gasteiger partial charge in [0.15, 0.2) is 11.5 Å². The highest BCUT2D eigenvalue weighted by Crippen LogP contribution is 2.31. The smallest absolute Gasteiger partial charge is 0.162 e. The Labute approximate surface area is 106 Å². The Morgan fingerprint density at radius 1 is 1.29 bits per heavy atom. The van der Waals surface area contributed by atoms with Gasteiger partial charge >= 0.3 is 0 Å². The van der Waals surface area contributed by atoms with Gasteiger partial charge in [0, 0.05) is 17.6 Å². The molecule has 0 N–H and O–H groups in total. The quantitative estimate of drug-likeness (QED) is 0.787. The van der Waals surface area contributed by atoms with E-state index in [0.29, 0.717) is 18.0 Å². The van der Waals surface area contributed by atoms with Gasteiger partial charge in [0.1, 0.15) is 0 Å². The number of hydrogen-bond donors (Lipinski definition) is 0. The van der Waals surface area contributed by atoms with Crippen LogP contribution in [0.25, 0.3) is 10.9 Å². The lowest BCUT2D eigenvalue weighted by molar-refractivity contribution is 0.356. The van der Waals surface area contributed by atoms with E-state index in [4.69, 9.17) is 9.47 Å². The first kappa shape index (κ1) is 13.4. The Morgan fingerprint density at radius 3 is 2.53 bits per heavy atom. The van der Waals surface area contributed by atoms with Crippen LogP contribution >= 0.6 is 12.4 Å². The number of ether oxygens (including phenoxy) is 2. The molecule has 0 bridgehead atoms. The second-order valence-electron chi connectivity index (χ2n) is 3.41. The lowest BCUT2D eigenvalue weighted by Crippen LogP contribution is -1.93. The van der Waals surface area contributed by atoms with E-state index in [1.165, 1.54) is 0 Å². The van der Waals surface area contributed by atoms with Crippen LogP contribution in [-0.2, 0) is 6.54 Å². The largest absolute Gasteiger partial charge is 0.493 e. The number of methoxy groups -OCH3 is 2. The standard InChI is InChI=1S/C12H14N2O2.ClH/c1-4-5-14-8-9-6-11(15-2)12(16-3)7-10(9)13-14;/h4,6-8H,1,5H2,2-3H3;1H. The van der Waals surface area contributed by atoms with Gasteiger partial charge in [-0.2, -0.15) is 5.10 Å². The minimum absolute atomic E-state index is 0. The predicted molar refractivity (Wildman–Crippen MR) is 70.3 cm³/mol. The van der Waals surface area contributed by atoms with E-state index in [0.717, 1.165) is 10.9 Å². The van der Waals surface area contributed by atoms with Crippen molar-refractivity contribution in [2.45, 2.75) is 6.54 Å². The Kier molecular flexibility index (Phi) is 4.40. The third kappa shape index (κ3) is 2.53. The molecule has 2 aromatic rings. The van der Waals surface area contributed by atoms with Crippen LogP contribution in [0.15, 0.2) is 31.0 Å². The van der Waals surface area contributed by atoms with Crippen LogP contribution in [0.5, 0.6) is 11.5 Å². The molecule has 2 rings (SSSR count). The number of aromatic nitrogens is 2. The van der Waals surface area contributed by atoms with Gasteiger partial charge in [-0.15, -0.1) is 19.0 Å². The molecular weight excluding hydrogens is 240 g/mol. The maximum Gasteiger partial charge on any atom is 0.162 e.